The van der Waals surface area contributed by atoms with Crippen LogP contribution in [0.4, 0.5) is 0 Å². The van der Waals surface area contributed by atoms with Crippen molar-refractivity contribution in [2.24, 2.45) is 0 Å². The summed E-state index contributed by atoms with van der Waals surface area (Å²) in [6.07, 6.45) is 4.06. The molecule has 1 rings (SSSR count). The number of rotatable bonds is 3. The SMILES string of the molecule is C/C=C/C(C)c1cccc(O)c1OC. The zero-order valence-corrected chi connectivity index (χ0v) is 8.82. The van der Waals surface area contributed by atoms with E-state index in [0.717, 1.165) is 5.56 Å². The van der Waals surface area contributed by atoms with E-state index in [2.05, 4.69) is 13.0 Å². The summed E-state index contributed by atoms with van der Waals surface area (Å²) < 4.78 is 5.16. The molecule has 1 N–H and O–H groups in total. The first-order valence-electron chi connectivity index (χ1n) is 4.69. The van der Waals surface area contributed by atoms with Crippen molar-refractivity contribution >= 4 is 0 Å². The van der Waals surface area contributed by atoms with Gasteiger partial charge >= 0.3 is 0 Å². The number of methoxy groups -OCH3 is 1. The normalized spacial score (nSPS) is 13.1. The molecule has 1 aromatic carbocycles. The Morgan fingerprint density at radius 1 is 1.43 bits per heavy atom. The lowest BCUT2D eigenvalue weighted by atomic mass is 9.99. The first-order chi connectivity index (χ1) is 6.70. The molecule has 0 saturated carbocycles. The number of hydrogen-bond donors (Lipinski definition) is 1. The van der Waals surface area contributed by atoms with Crippen molar-refractivity contribution in [1.82, 2.24) is 0 Å². The second-order valence-corrected chi connectivity index (χ2v) is 3.21. The van der Waals surface area contributed by atoms with Gasteiger partial charge in [-0.1, -0.05) is 31.2 Å². The lowest BCUT2D eigenvalue weighted by molar-refractivity contribution is 0.368. The molecule has 14 heavy (non-hydrogen) atoms. The van der Waals surface area contributed by atoms with Crippen LogP contribution in [0.15, 0.2) is 30.4 Å². The first kappa shape index (κ1) is 10.6. The summed E-state index contributed by atoms with van der Waals surface area (Å²) in [7, 11) is 1.57. The van der Waals surface area contributed by atoms with Gasteiger partial charge in [-0.25, -0.2) is 0 Å². The van der Waals surface area contributed by atoms with E-state index in [4.69, 9.17) is 4.74 Å². The number of aromatic hydroxyl groups is 1. The van der Waals surface area contributed by atoms with Gasteiger partial charge in [-0.05, 0) is 13.0 Å². The Morgan fingerprint density at radius 3 is 2.71 bits per heavy atom. The number of phenolic OH excluding ortho intramolecular Hbond substituents is 1. The second-order valence-electron chi connectivity index (χ2n) is 3.21. The molecule has 0 aromatic heterocycles. The predicted molar refractivity (Wildman–Crippen MR) is 57.9 cm³/mol. The van der Waals surface area contributed by atoms with Crippen LogP contribution in [0.2, 0.25) is 0 Å². The van der Waals surface area contributed by atoms with Crippen LogP contribution in [0.25, 0.3) is 0 Å². The van der Waals surface area contributed by atoms with Gasteiger partial charge in [-0.3, -0.25) is 0 Å². The fourth-order valence-electron chi connectivity index (χ4n) is 1.52. The summed E-state index contributed by atoms with van der Waals surface area (Å²) >= 11 is 0. The minimum atomic E-state index is 0.196. The quantitative estimate of drug-likeness (QED) is 0.746. The van der Waals surface area contributed by atoms with Gasteiger partial charge in [0.15, 0.2) is 11.5 Å². The molecule has 0 amide bonds. The maximum Gasteiger partial charge on any atom is 0.164 e. The molecule has 76 valence electrons. The van der Waals surface area contributed by atoms with Crippen LogP contribution in [0.1, 0.15) is 25.3 Å². The molecule has 2 heteroatoms. The Bertz CT molecular complexity index is 329. The maximum atomic E-state index is 9.56. The van der Waals surface area contributed by atoms with Gasteiger partial charge in [-0.15, -0.1) is 0 Å². The van der Waals surface area contributed by atoms with Crippen molar-refractivity contribution in [3.8, 4) is 11.5 Å². The van der Waals surface area contributed by atoms with Crippen LogP contribution in [-0.2, 0) is 0 Å². The number of para-hydroxylation sites is 1. The lowest BCUT2D eigenvalue weighted by Gasteiger charge is -2.13. The Labute approximate surface area is 84.8 Å². The molecule has 0 radical (unpaired) electrons. The molecular formula is C12H16O2. The number of ether oxygens (including phenoxy) is 1. The first-order valence-corrected chi connectivity index (χ1v) is 4.69. The lowest BCUT2D eigenvalue weighted by Crippen LogP contribution is -1.95. The second kappa shape index (κ2) is 4.70. The zero-order valence-electron chi connectivity index (χ0n) is 8.82. The molecule has 1 aromatic rings. The van der Waals surface area contributed by atoms with Crippen molar-refractivity contribution in [3.05, 3.63) is 35.9 Å². The van der Waals surface area contributed by atoms with Crippen LogP contribution < -0.4 is 4.74 Å². The topological polar surface area (TPSA) is 29.5 Å². The zero-order chi connectivity index (χ0) is 10.6. The highest BCUT2D eigenvalue weighted by molar-refractivity contribution is 5.48. The fourth-order valence-corrected chi connectivity index (χ4v) is 1.52. The largest absolute Gasteiger partial charge is 0.504 e. The summed E-state index contributed by atoms with van der Waals surface area (Å²) in [6.45, 7) is 4.04. The summed E-state index contributed by atoms with van der Waals surface area (Å²) in [5.74, 6) is 1.02. The van der Waals surface area contributed by atoms with Gasteiger partial charge in [0.05, 0.1) is 7.11 Å². The molecule has 1 unspecified atom stereocenters. The molecule has 0 saturated heterocycles. The molecule has 0 fully saturated rings. The van der Waals surface area contributed by atoms with Crippen molar-refractivity contribution in [2.45, 2.75) is 19.8 Å². The Kier molecular flexibility index (Phi) is 3.57. The average molecular weight is 192 g/mol. The predicted octanol–water partition coefficient (Wildman–Crippen LogP) is 3.08. The van der Waals surface area contributed by atoms with Gasteiger partial charge < -0.3 is 9.84 Å². The highest BCUT2D eigenvalue weighted by Crippen LogP contribution is 2.34. The van der Waals surface area contributed by atoms with E-state index >= 15 is 0 Å². The summed E-state index contributed by atoms with van der Waals surface area (Å²) in [4.78, 5) is 0. The number of hydrogen-bond acceptors (Lipinski definition) is 2. The van der Waals surface area contributed by atoms with E-state index in [1.54, 1.807) is 13.2 Å². The molecule has 0 bridgehead atoms. The average Bonchev–Trinajstić information content (AvgIpc) is 2.17. The Morgan fingerprint density at radius 2 is 2.14 bits per heavy atom. The molecule has 1 atom stereocenters. The Hall–Kier alpha value is -1.44. The summed E-state index contributed by atoms with van der Waals surface area (Å²) in [5, 5.41) is 9.56. The van der Waals surface area contributed by atoms with Crippen molar-refractivity contribution in [2.75, 3.05) is 7.11 Å². The van der Waals surface area contributed by atoms with Crippen molar-refractivity contribution in [3.63, 3.8) is 0 Å². The van der Waals surface area contributed by atoms with E-state index in [1.165, 1.54) is 0 Å². The van der Waals surface area contributed by atoms with Gasteiger partial charge in [0, 0.05) is 11.5 Å². The molecule has 0 heterocycles. The van der Waals surface area contributed by atoms with E-state index in [9.17, 15) is 5.11 Å². The summed E-state index contributed by atoms with van der Waals surface area (Å²) in [5.41, 5.74) is 1.01. The van der Waals surface area contributed by atoms with Crippen LogP contribution in [0.3, 0.4) is 0 Å². The van der Waals surface area contributed by atoms with Gasteiger partial charge in [0.25, 0.3) is 0 Å². The van der Waals surface area contributed by atoms with Gasteiger partial charge in [-0.2, -0.15) is 0 Å². The van der Waals surface area contributed by atoms with Crippen molar-refractivity contribution in [1.29, 1.82) is 0 Å². The van der Waals surface area contributed by atoms with E-state index in [0.29, 0.717) is 5.75 Å². The minimum absolute atomic E-state index is 0.196. The third-order valence-electron chi connectivity index (χ3n) is 2.20. The molecule has 0 spiro atoms. The molecule has 0 aliphatic rings. The highest BCUT2D eigenvalue weighted by atomic mass is 16.5. The van der Waals surface area contributed by atoms with E-state index in [1.807, 2.05) is 25.1 Å². The third kappa shape index (κ3) is 2.08. The van der Waals surface area contributed by atoms with E-state index in [-0.39, 0.29) is 11.7 Å². The fraction of sp³-hybridized carbons (Fsp3) is 0.333. The molecule has 0 aliphatic carbocycles. The summed E-state index contributed by atoms with van der Waals surface area (Å²) in [6, 6.07) is 5.42. The molecule has 2 nitrogen and oxygen atoms in total. The minimum Gasteiger partial charge on any atom is -0.504 e. The standard InChI is InChI=1S/C12H16O2/c1-4-6-9(2)10-7-5-8-11(13)12(10)14-3/h4-9,13H,1-3H3/b6-4+. The van der Waals surface area contributed by atoms with E-state index < -0.39 is 0 Å². The van der Waals surface area contributed by atoms with Crippen LogP contribution in [0.5, 0.6) is 11.5 Å². The smallest absolute Gasteiger partial charge is 0.164 e. The van der Waals surface area contributed by atoms with Crippen LogP contribution in [0, 0.1) is 0 Å². The van der Waals surface area contributed by atoms with Gasteiger partial charge in [0.2, 0.25) is 0 Å². The van der Waals surface area contributed by atoms with Crippen LogP contribution in [-0.4, -0.2) is 12.2 Å². The van der Waals surface area contributed by atoms with Gasteiger partial charge in [0.1, 0.15) is 0 Å². The number of phenols is 1. The molecule has 0 aliphatic heterocycles. The maximum absolute atomic E-state index is 9.56. The monoisotopic (exact) mass is 192 g/mol. The van der Waals surface area contributed by atoms with Crippen LogP contribution >= 0.6 is 0 Å². The molecular weight excluding hydrogens is 176 g/mol. The Balaban J connectivity index is 3.13. The number of benzene rings is 1. The number of allylic oxidation sites excluding steroid dienone is 2. The highest BCUT2D eigenvalue weighted by Gasteiger charge is 2.11. The van der Waals surface area contributed by atoms with Crippen molar-refractivity contribution < 1.29 is 9.84 Å². The third-order valence-corrected chi connectivity index (χ3v) is 2.20.